The molecule has 0 aliphatic rings. The van der Waals surface area contributed by atoms with Gasteiger partial charge in [0, 0.05) is 0 Å². The molecule has 1 aromatic rings. The molecule has 0 saturated heterocycles. The molecule has 1 atom stereocenters. The number of phenols is 1. The van der Waals surface area contributed by atoms with Gasteiger partial charge in [0.25, 0.3) is 0 Å². The van der Waals surface area contributed by atoms with E-state index >= 15 is 0 Å². The van der Waals surface area contributed by atoms with Crippen molar-refractivity contribution in [3.8, 4) is 5.75 Å². The third-order valence-corrected chi connectivity index (χ3v) is 4.33. The maximum absolute atomic E-state index is 10.6. The Hall–Kier alpha value is -1.16. The number of thiol groups is 1. The molecule has 3 nitrogen and oxygen atoms in total. The van der Waals surface area contributed by atoms with E-state index in [9.17, 15) is 9.90 Å². The van der Waals surface area contributed by atoms with E-state index in [1.807, 2.05) is 6.07 Å². The summed E-state index contributed by atoms with van der Waals surface area (Å²) in [6.45, 7) is 6.30. The number of hydrogen-bond acceptors (Lipinski definition) is 3. The lowest BCUT2D eigenvalue weighted by Crippen LogP contribution is -2.12. The van der Waals surface area contributed by atoms with Crippen LogP contribution in [-0.2, 0) is 16.6 Å². The van der Waals surface area contributed by atoms with Crippen LogP contribution in [0.2, 0.25) is 0 Å². The molecule has 4 heteroatoms. The molecule has 0 fully saturated rings. The topological polar surface area (TPSA) is 57.5 Å². The Labute approximate surface area is 139 Å². The van der Waals surface area contributed by atoms with E-state index in [1.165, 1.54) is 5.56 Å². The van der Waals surface area contributed by atoms with Crippen molar-refractivity contribution in [1.82, 2.24) is 0 Å². The molecular formula is C18H28O3S. The lowest BCUT2D eigenvalue weighted by molar-refractivity contribution is -0.136. The van der Waals surface area contributed by atoms with Gasteiger partial charge in [0.2, 0.25) is 0 Å². The minimum atomic E-state index is -0.831. The van der Waals surface area contributed by atoms with Gasteiger partial charge in [-0.2, -0.15) is 12.6 Å². The first kappa shape index (κ1) is 18.9. The van der Waals surface area contributed by atoms with Crippen molar-refractivity contribution in [1.29, 1.82) is 0 Å². The number of benzene rings is 1. The highest BCUT2D eigenvalue weighted by Crippen LogP contribution is 2.31. The van der Waals surface area contributed by atoms with E-state index < -0.39 is 11.2 Å². The van der Waals surface area contributed by atoms with Gasteiger partial charge in [-0.25, -0.2) is 0 Å². The Morgan fingerprint density at radius 2 is 1.82 bits per heavy atom. The third-order valence-electron chi connectivity index (χ3n) is 3.85. The highest BCUT2D eigenvalue weighted by atomic mass is 32.1. The average Bonchev–Trinajstić information content (AvgIpc) is 2.42. The van der Waals surface area contributed by atoms with Gasteiger partial charge in [-0.3, -0.25) is 4.79 Å². The molecular weight excluding hydrogens is 296 g/mol. The summed E-state index contributed by atoms with van der Waals surface area (Å²) in [5, 5.41) is 18.2. The van der Waals surface area contributed by atoms with Crippen LogP contribution in [0.1, 0.15) is 64.0 Å². The number of rotatable bonds is 8. The second-order valence-electron chi connectivity index (χ2n) is 6.91. The fourth-order valence-electron chi connectivity index (χ4n) is 2.48. The Bertz CT molecular complexity index is 492. The summed E-state index contributed by atoms with van der Waals surface area (Å²) >= 11 is 4.03. The van der Waals surface area contributed by atoms with Crippen molar-refractivity contribution in [2.75, 3.05) is 0 Å². The van der Waals surface area contributed by atoms with Gasteiger partial charge in [0.05, 0.1) is 5.25 Å². The maximum atomic E-state index is 10.6. The SMILES string of the molecule is CC(C)(C)c1cc(CCCCCCC(S)C(=O)O)ccc1O. The molecule has 0 heterocycles. The number of phenolic OH excluding ortho intramolecular Hbond substituents is 1. The molecule has 0 aromatic heterocycles. The second kappa shape index (κ2) is 8.47. The van der Waals surface area contributed by atoms with Gasteiger partial charge in [0.1, 0.15) is 5.75 Å². The average molecular weight is 324 g/mol. The van der Waals surface area contributed by atoms with Crippen LogP contribution in [0.15, 0.2) is 18.2 Å². The van der Waals surface area contributed by atoms with Crippen LogP contribution in [0.25, 0.3) is 0 Å². The van der Waals surface area contributed by atoms with Crippen LogP contribution in [-0.4, -0.2) is 21.4 Å². The summed E-state index contributed by atoms with van der Waals surface area (Å²) in [6, 6.07) is 5.87. The molecule has 0 amide bonds. The number of aliphatic carboxylic acids is 1. The third kappa shape index (κ3) is 6.30. The van der Waals surface area contributed by atoms with Crippen molar-refractivity contribution in [2.45, 2.75) is 70.0 Å². The normalized spacial score (nSPS) is 13.1. The summed E-state index contributed by atoms with van der Waals surface area (Å²) in [4.78, 5) is 10.6. The number of carboxylic acids is 1. The highest BCUT2D eigenvalue weighted by molar-refractivity contribution is 7.81. The van der Waals surface area contributed by atoms with Crippen molar-refractivity contribution >= 4 is 18.6 Å². The van der Waals surface area contributed by atoms with E-state index in [1.54, 1.807) is 6.07 Å². The number of aromatic hydroxyl groups is 1. The second-order valence-corrected chi connectivity index (χ2v) is 7.53. The van der Waals surface area contributed by atoms with Gasteiger partial charge in [-0.1, -0.05) is 52.2 Å². The molecule has 0 bridgehead atoms. The van der Waals surface area contributed by atoms with Gasteiger partial charge < -0.3 is 10.2 Å². The Morgan fingerprint density at radius 3 is 2.41 bits per heavy atom. The van der Waals surface area contributed by atoms with E-state index in [-0.39, 0.29) is 5.41 Å². The number of hydrogen-bond donors (Lipinski definition) is 3. The molecule has 0 spiro atoms. The van der Waals surface area contributed by atoms with Gasteiger partial charge >= 0.3 is 5.97 Å². The zero-order valence-corrected chi connectivity index (χ0v) is 14.7. The number of carbonyl (C=O) groups is 1. The Morgan fingerprint density at radius 1 is 1.18 bits per heavy atom. The molecule has 0 radical (unpaired) electrons. The van der Waals surface area contributed by atoms with Crippen molar-refractivity contribution in [3.63, 3.8) is 0 Å². The van der Waals surface area contributed by atoms with Crippen molar-refractivity contribution < 1.29 is 15.0 Å². The molecule has 22 heavy (non-hydrogen) atoms. The monoisotopic (exact) mass is 324 g/mol. The first-order chi connectivity index (χ1) is 10.2. The number of unbranched alkanes of at least 4 members (excludes halogenated alkanes) is 3. The zero-order chi connectivity index (χ0) is 16.8. The van der Waals surface area contributed by atoms with Crippen LogP contribution in [0, 0.1) is 0 Å². The molecule has 0 aliphatic heterocycles. The summed E-state index contributed by atoms with van der Waals surface area (Å²) in [5.74, 6) is -0.466. The summed E-state index contributed by atoms with van der Waals surface area (Å²) in [6.07, 6.45) is 5.74. The molecule has 1 rings (SSSR count). The molecule has 124 valence electrons. The minimum Gasteiger partial charge on any atom is -0.508 e. The van der Waals surface area contributed by atoms with Crippen LogP contribution >= 0.6 is 12.6 Å². The quantitative estimate of drug-likeness (QED) is 0.485. The Kier molecular flexibility index (Phi) is 7.27. The first-order valence-corrected chi connectivity index (χ1v) is 8.46. The number of carboxylic acid groups (broad SMARTS) is 1. The van der Waals surface area contributed by atoms with Gasteiger partial charge in [-0.15, -0.1) is 0 Å². The van der Waals surface area contributed by atoms with E-state index in [0.29, 0.717) is 12.2 Å². The fraction of sp³-hybridized carbons (Fsp3) is 0.611. The lowest BCUT2D eigenvalue weighted by Gasteiger charge is -2.21. The van der Waals surface area contributed by atoms with Gasteiger partial charge in [-0.05, 0) is 41.9 Å². The smallest absolute Gasteiger partial charge is 0.316 e. The molecule has 0 saturated carbocycles. The highest BCUT2D eigenvalue weighted by Gasteiger charge is 2.18. The first-order valence-electron chi connectivity index (χ1n) is 7.95. The molecule has 1 aromatic carbocycles. The summed E-state index contributed by atoms with van der Waals surface area (Å²) in [7, 11) is 0. The standard InChI is InChI=1S/C18H28O3S/c1-18(2,3)14-12-13(10-11-15(14)19)8-6-4-5-7-9-16(22)17(20)21/h10-12,16,19,22H,4-9H2,1-3H3,(H,20,21). The fourth-order valence-corrected chi connectivity index (χ4v) is 2.67. The largest absolute Gasteiger partial charge is 0.508 e. The summed E-state index contributed by atoms with van der Waals surface area (Å²) in [5.41, 5.74) is 2.18. The van der Waals surface area contributed by atoms with E-state index in [2.05, 4.69) is 39.5 Å². The summed E-state index contributed by atoms with van der Waals surface area (Å²) < 4.78 is 0. The maximum Gasteiger partial charge on any atom is 0.316 e. The van der Waals surface area contributed by atoms with Crippen LogP contribution in [0.4, 0.5) is 0 Å². The van der Waals surface area contributed by atoms with Crippen LogP contribution < -0.4 is 0 Å². The lowest BCUT2D eigenvalue weighted by atomic mass is 9.85. The van der Waals surface area contributed by atoms with Crippen LogP contribution in [0.5, 0.6) is 5.75 Å². The zero-order valence-electron chi connectivity index (χ0n) is 13.8. The minimum absolute atomic E-state index is 0.0570. The Balaban J connectivity index is 2.36. The van der Waals surface area contributed by atoms with Crippen molar-refractivity contribution in [3.05, 3.63) is 29.3 Å². The molecule has 1 unspecified atom stereocenters. The van der Waals surface area contributed by atoms with E-state index in [0.717, 1.165) is 37.7 Å². The van der Waals surface area contributed by atoms with Gasteiger partial charge in [0.15, 0.2) is 0 Å². The molecule has 0 aliphatic carbocycles. The predicted octanol–water partition coefficient (Wildman–Crippen LogP) is 4.57. The molecule has 2 N–H and O–H groups in total. The van der Waals surface area contributed by atoms with E-state index in [4.69, 9.17) is 5.11 Å². The van der Waals surface area contributed by atoms with Crippen LogP contribution in [0.3, 0.4) is 0 Å². The van der Waals surface area contributed by atoms with Crippen molar-refractivity contribution in [2.24, 2.45) is 0 Å². The predicted molar refractivity (Wildman–Crippen MR) is 94.0 cm³/mol. The number of aryl methyl sites for hydroxylation is 1.